The number of halogens is 1. The van der Waals surface area contributed by atoms with Crippen LogP contribution in [-0.4, -0.2) is 84.9 Å². The zero-order chi connectivity index (χ0) is 35.2. The summed E-state index contributed by atoms with van der Waals surface area (Å²) in [4.78, 5) is 42.0. The van der Waals surface area contributed by atoms with E-state index in [2.05, 4.69) is 41.2 Å². The molecule has 49 heavy (non-hydrogen) atoms. The van der Waals surface area contributed by atoms with Crippen LogP contribution >= 0.6 is 0 Å². The number of alkyl carbamates (subject to hydrolysis) is 1. The number of hydrogen-bond acceptors (Lipinski definition) is 11. The number of anilines is 3. The first-order valence-corrected chi connectivity index (χ1v) is 16.2. The molecular weight excluding hydrogens is 633 g/mol. The third-order valence-corrected chi connectivity index (χ3v) is 8.07. The monoisotopic (exact) mass is 677 g/mol. The summed E-state index contributed by atoms with van der Waals surface area (Å²) in [6, 6.07) is 6.82. The summed E-state index contributed by atoms with van der Waals surface area (Å²) in [5, 5.41) is 20.3. The van der Waals surface area contributed by atoms with E-state index in [0.29, 0.717) is 68.7 Å². The topological polar surface area (TPSA) is 177 Å². The molecule has 4 N–H and O–H groups in total. The maximum atomic E-state index is 14.0. The molecule has 1 aliphatic rings. The number of nitrogens with zero attached hydrogens (tertiary/aromatic N) is 7. The Bertz CT molecular complexity index is 1730. The van der Waals surface area contributed by atoms with E-state index >= 15 is 0 Å². The second-order valence-corrected chi connectivity index (χ2v) is 13.1. The minimum absolute atomic E-state index is 0.251. The van der Waals surface area contributed by atoms with E-state index in [0.717, 1.165) is 23.1 Å². The van der Waals surface area contributed by atoms with Gasteiger partial charge >= 0.3 is 6.09 Å². The number of ether oxygens (including phenoxy) is 2. The van der Waals surface area contributed by atoms with E-state index in [1.54, 1.807) is 40.1 Å². The highest BCUT2D eigenvalue weighted by atomic mass is 19.1. The zero-order valence-electron chi connectivity index (χ0n) is 28.7. The molecule has 0 unspecified atom stereocenters. The SMILES string of the molecule is COC1(C(=O)N[C@@H](CCCNC(=O)OC(C)(C)C)c2ccc(-n3cc(F)cn3)nc2)CCN(c2nc(C)cc(Nc3cc(C)[nH]n3)n2)CC1. The highest BCUT2D eigenvalue weighted by molar-refractivity contribution is 5.86. The van der Waals surface area contributed by atoms with Gasteiger partial charge in [-0.05, 0) is 59.1 Å². The van der Waals surface area contributed by atoms with Crippen LogP contribution < -0.4 is 20.9 Å². The first kappa shape index (κ1) is 35.2. The molecule has 1 atom stereocenters. The molecule has 0 saturated carbocycles. The number of piperidine rings is 1. The van der Waals surface area contributed by atoms with Gasteiger partial charge in [0.15, 0.2) is 17.5 Å². The molecule has 4 aromatic rings. The molecule has 1 aliphatic heterocycles. The fraction of sp³-hybridized carbons (Fsp3) is 0.485. The van der Waals surface area contributed by atoms with Gasteiger partial charge in [0.05, 0.1) is 18.4 Å². The number of carbonyl (C=O) groups is 2. The minimum Gasteiger partial charge on any atom is -0.444 e. The van der Waals surface area contributed by atoms with E-state index < -0.39 is 29.2 Å². The number of aryl methyl sites for hydroxylation is 2. The van der Waals surface area contributed by atoms with E-state index in [1.165, 1.54) is 10.9 Å². The van der Waals surface area contributed by atoms with Crippen molar-refractivity contribution < 1.29 is 23.5 Å². The third-order valence-electron chi connectivity index (χ3n) is 8.07. The summed E-state index contributed by atoms with van der Waals surface area (Å²) in [7, 11) is 1.55. The second kappa shape index (κ2) is 15.0. The number of carbonyl (C=O) groups excluding carboxylic acids is 2. The average molecular weight is 678 g/mol. The van der Waals surface area contributed by atoms with Gasteiger partial charge in [-0.25, -0.2) is 23.8 Å². The van der Waals surface area contributed by atoms with Crippen molar-refractivity contribution in [1.29, 1.82) is 0 Å². The molecule has 0 aliphatic carbocycles. The van der Waals surface area contributed by atoms with Crippen molar-refractivity contribution in [3.8, 4) is 5.82 Å². The first-order valence-electron chi connectivity index (χ1n) is 16.2. The molecule has 15 nitrogen and oxygen atoms in total. The van der Waals surface area contributed by atoms with Crippen molar-refractivity contribution in [1.82, 2.24) is 45.6 Å². The van der Waals surface area contributed by atoms with Gasteiger partial charge in [0.25, 0.3) is 5.91 Å². The number of H-pyrrole nitrogens is 1. The summed E-state index contributed by atoms with van der Waals surface area (Å²) in [6.45, 7) is 10.6. The lowest BCUT2D eigenvalue weighted by atomic mass is 9.89. The Kier molecular flexibility index (Phi) is 10.8. The molecule has 1 saturated heterocycles. The van der Waals surface area contributed by atoms with Crippen molar-refractivity contribution in [2.75, 3.05) is 37.0 Å². The molecule has 16 heteroatoms. The van der Waals surface area contributed by atoms with Crippen LogP contribution in [0.4, 0.5) is 26.8 Å². The van der Waals surface area contributed by atoms with Gasteiger partial charge in [0, 0.05) is 69.3 Å². The van der Waals surface area contributed by atoms with Crippen molar-refractivity contribution in [2.24, 2.45) is 0 Å². The third kappa shape index (κ3) is 9.28. The number of methoxy groups -OCH3 is 1. The molecule has 262 valence electrons. The number of aromatic amines is 1. The van der Waals surface area contributed by atoms with Crippen LogP contribution in [0.15, 0.2) is 42.9 Å². The smallest absolute Gasteiger partial charge is 0.407 e. The van der Waals surface area contributed by atoms with Crippen molar-refractivity contribution in [3.05, 3.63) is 65.6 Å². The molecule has 0 spiro atoms. The molecule has 0 aromatic carbocycles. The molecular formula is C33H44FN11O4. The largest absolute Gasteiger partial charge is 0.444 e. The molecule has 4 aromatic heterocycles. The fourth-order valence-electron chi connectivity index (χ4n) is 5.55. The van der Waals surface area contributed by atoms with Gasteiger partial charge in [0.2, 0.25) is 5.95 Å². The van der Waals surface area contributed by atoms with Gasteiger partial charge in [-0.1, -0.05) is 6.07 Å². The van der Waals surface area contributed by atoms with Crippen molar-refractivity contribution in [2.45, 2.75) is 77.5 Å². The number of rotatable bonds is 12. The molecule has 0 bridgehead atoms. The number of nitrogens with one attached hydrogen (secondary N) is 4. The van der Waals surface area contributed by atoms with Crippen LogP contribution in [0.3, 0.4) is 0 Å². The lowest BCUT2D eigenvalue weighted by Gasteiger charge is -2.40. The highest BCUT2D eigenvalue weighted by Gasteiger charge is 2.43. The van der Waals surface area contributed by atoms with Gasteiger partial charge in [-0.3, -0.25) is 9.89 Å². The van der Waals surface area contributed by atoms with Crippen LogP contribution in [0.5, 0.6) is 0 Å². The quantitative estimate of drug-likeness (QED) is 0.156. The maximum absolute atomic E-state index is 14.0. The second-order valence-electron chi connectivity index (χ2n) is 13.1. The lowest BCUT2D eigenvalue weighted by Crippen LogP contribution is -2.55. The summed E-state index contributed by atoms with van der Waals surface area (Å²) in [5.74, 6) is 1.54. The lowest BCUT2D eigenvalue weighted by molar-refractivity contribution is -0.147. The Morgan fingerprint density at radius 3 is 2.49 bits per heavy atom. The summed E-state index contributed by atoms with van der Waals surface area (Å²) < 4.78 is 26.1. The molecule has 5 heterocycles. The standard InChI is InChI=1S/C33H44FN11O4/c1-21-16-26(40-27-17-22(2)42-43-27)41-30(38-21)44-14-11-33(48-6,12-15-44)29(46)39-25(8-7-13-35-31(47)49-32(3,4)5)23-9-10-28(36-18-23)45-20-24(34)19-37-45/h9-10,16-20,25H,7-8,11-15H2,1-6H3,(H,35,47)(H,39,46)(H2,38,40,41,42,43)/t25-/m0/s1. The first-order chi connectivity index (χ1) is 23.3. The predicted octanol–water partition coefficient (Wildman–Crippen LogP) is 4.43. The average Bonchev–Trinajstić information content (AvgIpc) is 3.68. The van der Waals surface area contributed by atoms with Crippen LogP contribution in [0.1, 0.15) is 69.4 Å². The Balaban J connectivity index is 1.26. The van der Waals surface area contributed by atoms with Gasteiger partial charge in [-0.15, -0.1) is 0 Å². The maximum Gasteiger partial charge on any atom is 0.407 e. The van der Waals surface area contributed by atoms with Crippen LogP contribution in [0.2, 0.25) is 0 Å². The molecule has 5 rings (SSSR count). The van der Waals surface area contributed by atoms with Crippen molar-refractivity contribution >= 4 is 29.6 Å². The van der Waals surface area contributed by atoms with Gasteiger partial charge in [0.1, 0.15) is 17.0 Å². The summed E-state index contributed by atoms with van der Waals surface area (Å²) >= 11 is 0. The fourth-order valence-corrected chi connectivity index (χ4v) is 5.55. The minimum atomic E-state index is -1.08. The van der Waals surface area contributed by atoms with Crippen molar-refractivity contribution in [3.63, 3.8) is 0 Å². The predicted molar refractivity (Wildman–Crippen MR) is 180 cm³/mol. The Hall–Kier alpha value is -5.12. The number of pyridine rings is 1. The zero-order valence-corrected chi connectivity index (χ0v) is 28.7. The number of amides is 2. The van der Waals surface area contributed by atoms with Crippen LogP contribution in [-0.2, 0) is 14.3 Å². The van der Waals surface area contributed by atoms with E-state index in [4.69, 9.17) is 14.5 Å². The molecule has 2 amide bonds. The van der Waals surface area contributed by atoms with Crippen LogP contribution in [0, 0.1) is 19.7 Å². The Morgan fingerprint density at radius 2 is 1.88 bits per heavy atom. The Morgan fingerprint density at radius 1 is 1.10 bits per heavy atom. The van der Waals surface area contributed by atoms with Gasteiger partial charge in [-0.2, -0.15) is 15.2 Å². The Labute approximate surface area is 284 Å². The van der Waals surface area contributed by atoms with Gasteiger partial charge < -0.3 is 30.3 Å². The normalized spacial score (nSPS) is 15.0. The number of hydrogen-bond donors (Lipinski definition) is 4. The molecule has 0 radical (unpaired) electrons. The summed E-state index contributed by atoms with van der Waals surface area (Å²) in [5.41, 5.74) is 0.770. The highest BCUT2D eigenvalue weighted by Crippen LogP contribution is 2.31. The number of aromatic nitrogens is 7. The van der Waals surface area contributed by atoms with E-state index in [9.17, 15) is 14.0 Å². The van der Waals surface area contributed by atoms with E-state index in [-0.39, 0.29) is 5.91 Å². The van der Waals surface area contributed by atoms with Crippen LogP contribution in [0.25, 0.3) is 5.82 Å². The summed E-state index contributed by atoms with van der Waals surface area (Å²) in [6.07, 6.45) is 5.31. The van der Waals surface area contributed by atoms with E-state index in [1.807, 2.05) is 36.9 Å². The molecule has 1 fully saturated rings.